The summed E-state index contributed by atoms with van der Waals surface area (Å²) in [4.78, 5) is 0. The Hall–Kier alpha value is -0.300. The minimum absolute atomic E-state index is 0.476. The second-order valence-corrected chi connectivity index (χ2v) is 8.91. The second kappa shape index (κ2) is 4.85. The minimum atomic E-state index is 0.476. The summed E-state index contributed by atoms with van der Waals surface area (Å²) in [6.45, 7) is 5.17. The highest BCUT2D eigenvalue weighted by molar-refractivity contribution is 5.12. The van der Waals surface area contributed by atoms with E-state index in [1.165, 1.54) is 51.4 Å². The van der Waals surface area contributed by atoms with E-state index >= 15 is 0 Å². The van der Waals surface area contributed by atoms with Gasteiger partial charge in [0.15, 0.2) is 0 Å². The Morgan fingerprint density at radius 1 is 0.905 bits per heavy atom. The van der Waals surface area contributed by atoms with E-state index in [2.05, 4.69) is 26.0 Å². The van der Waals surface area contributed by atoms with E-state index in [0.29, 0.717) is 16.9 Å². The SMILES string of the molecule is CO[C@H]1CCC2C3CCC4CC=CC[C@]4(C)C3CC[C@@]21C. The third-order valence-corrected chi connectivity index (χ3v) is 8.41. The van der Waals surface area contributed by atoms with Crippen molar-refractivity contribution in [3.63, 3.8) is 0 Å². The van der Waals surface area contributed by atoms with Gasteiger partial charge in [0.25, 0.3) is 0 Å². The van der Waals surface area contributed by atoms with Crippen LogP contribution in [0, 0.1) is 34.5 Å². The molecule has 0 spiro atoms. The standard InChI is InChI=1S/C20H32O/c1-19-12-5-4-6-14(19)7-8-15-16-9-10-18(21-3)20(16,2)13-11-17(15)19/h4-5,14-18H,6-13H2,1-3H3/t14?,15?,16?,17?,18-,19-,20-/m0/s1. The van der Waals surface area contributed by atoms with Crippen molar-refractivity contribution >= 4 is 0 Å². The predicted octanol–water partition coefficient (Wildman–Crippen LogP) is 5.21. The van der Waals surface area contributed by atoms with E-state index in [4.69, 9.17) is 4.74 Å². The first-order valence-electron chi connectivity index (χ1n) is 9.27. The molecule has 3 fully saturated rings. The number of hydrogen-bond donors (Lipinski definition) is 0. The number of ether oxygens (including phenoxy) is 1. The molecule has 4 aliphatic carbocycles. The highest BCUT2D eigenvalue weighted by atomic mass is 16.5. The monoisotopic (exact) mass is 288 g/mol. The Bertz CT molecular complexity index is 441. The minimum Gasteiger partial charge on any atom is -0.381 e. The van der Waals surface area contributed by atoms with Gasteiger partial charge in [-0.2, -0.15) is 0 Å². The lowest BCUT2D eigenvalue weighted by atomic mass is 9.46. The first kappa shape index (κ1) is 14.3. The topological polar surface area (TPSA) is 9.23 Å². The van der Waals surface area contributed by atoms with Crippen molar-refractivity contribution < 1.29 is 4.74 Å². The molecule has 0 bridgehead atoms. The zero-order chi connectivity index (χ0) is 14.7. The molecular weight excluding hydrogens is 256 g/mol. The van der Waals surface area contributed by atoms with Crippen LogP contribution in [0.1, 0.15) is 65.2 Å². The quantitative estimate of drug-likeness (QED) is 0.602. The van der Waals surface area contributed by atoms with Crippen molar-refractivity contribution in [2.24, 2.45) is 34.5 Å². The molecule has 7 atom stereocenters. The number of fused-ring (bicyclic) bond motifs is 5. The van der Waals surface area contributed by atoms with Gasteiger partial charge in [-0.25, -0.2) is 0 Å². The molecule has 0 saturated heterocycles. The summed E-state index contributed by atoms with van der Waals surface area (Å²) < 4.78 is 5.88. The number of hydrogen-bond acceptors (Lipinski definition) is 1. The average Bonchev–Trinajstić information content (AvgIpc) is 2.83. The number of rotatable bonds is 1. The average molecular weight is 288 g/mol. The third kappa shape index (κ3) is 1.85. The highest BCUT2D eigenvalue weighted by Gasteiger charge is 2.59. The Morgan fingerprint density at radius 3 is 2.52 bits per heavy atom. The van der Waals surface area contributed by atoms with Crippen molar-refractivity contribution in [1.29, 1.82) is 0 Å². The largest absolute Gasteiger partial charge is 0.381 e. The molecule has 0 radical (unpaired) electrons. The fourth-order valence-corrected chi connectivity index (χ4v) is 7.18. The molecule has 21 heavy (non-hydrogen) atoms. The van der Waals surface area contributed by atoms with E-state index in [-0.39, 0.29) is 0 Å². The van der Waals surface area contributed by atoms with Crippen LogP contribution in [0.3, 0.4) is 0 Å². The summed E-state index contributed by atoms with van der Waals surface area (Å²) >= 11 is 0. The van der Waals surface area contributed by atoms with E-state index < -0.39 is 0 Å². The summed E-state index contributed by atoms with van der Waals surface area (Å²) in [6, 6.07) is 0. The maximum absolute atomic E-state index is 5.88. The van der Waals surface area contributed by atoms with Crippen molar-refractivity contribution in [1.82, 2.24) is 0 Å². The third-order valence-electron chi connectivity index (χ3n) is 8.41. The van der Waals surface area contributed by atoms with Gasteiger partial charge >= 0.3 is 0 Å². The van der Waals surface area contributed by atoms with Gasteiger partial charge in [-0.05, 0) is 85.9 Å². The Morgan fingerprint density at radius 2 is 1.71 bits per heavy atom. The molecule has 1 nitrogen and oxygen atoms in total. The molecule has 0 aromatic heterocycles. The molecule has 118 valence electrons. The van der Waals surface area contributed by atoms with E-state index in [1.807, 2.05) is 7.11 Å². The Balaban J connectivity index is 1.64. The first-order valence-corrected chi connectivity index (χ1v) is 9.27. The van der Waals surface area contributed by atoms with Crippen LogP contribution in [0.2, 0.25) is 0 Å². The summed E-state index contributed by atoms with van der Waals surface area (Å²) in [5.41, 5.74) is 1.08. The summed E-state index contributed by atoms with van der Waals surface area (Å²) in [5.74, 6) is 3.86. The molecule has 4 rings (SSSR count). The predicted molar refractivity (Wildman–Crippen MR) is 87.0 cm³/mol. The van der Waals surface area contributed by atoms with E-state index in [0.717, 1.165) is 23.7 Å². The van der Waals surface area contributed by atoms with Crippen LogP contribution in [0.15, 0.2) is 12.2 Å². The lowest BCUT2D eigenvalue weighted by molar-refractivity contribution is -0.114. The Labute approximate surface area is 130 Å². The van der Waals surface area contributed by atoms with Crippen molar-refractivity contribution in [3.8, 4) is 0 Å². The summed E-state index contributed by atoms with van der Waals surface area (Å²) in [7, 11) is 1.94. The van der Waals surface area contributed by atoms with Gasteiger partial charge in [-0.15, -0.1) is 0 Å². The molecule has 4 unspecified atom stereocenters. The fraction of sp³-hybridized carbons (Fsp3) is 0.900. The molecular formula is C20H32O. The fourth-order valence-electron chi connectivity index (χ4n) is 7.18. The molecule has 3 saturated carbocycles. The number of methoxy groups -OCH3 is 1. The van der Waals surface area contributed by atoms with Gasteiger partial charge in [0.05, 0.1) is 6.10 Å². The lowest BCUT2D eigenvalue weighted by Crippen LogP contribution is -2.53. The maximum Gasteiger partial charge on any atom is 0.0627 e. The van der Waals surface area contributed by atoms with E-state index in [1.54, 1.807) is 0 Å². The van der Waals surface area contributed by atoms with Gasteiger partial charge in [-0.3, -0.25) is 0 Å². The van der Waals surface area contributed by atoms with Crippen LogP contribution in [0.25, 0.3) is 0 Å². The zero-order valence-electron chi connectivity index (χ0n) is 14.1. The molecule has 4 aliphatic rings. The van der Waals surface area contributed by atoms with Crippen LogP contribution < -0.4 is 0 Å². The van der Waals surface area contributed by atoms with Gasteiger partial charge < -0.3 is 4.74 Å². The van der Waals surface area contributed by atoms with Crippen LogP contribution >= 0.6 is 0 Å². The first-order chi connectivity index (χ1) is 10.1. The van der Waals surface area contributed by atoms with Gasteiger partial charge in [0, 0.05) is 7.11 Å². The van der Waals surface area contributed by atoms with Crippen LogP contribution in [0.4, 0.5) is 0 Å². The molecule has 1 heteroatoms. The van der Waals surface area contributed by atoms with Crippen molar-refractivity contribution in [2.75, 3.05) is 7.11 Å². The molecule has 0 N–H and O–H groups in total. The molecule has 0 aromatic carbocycles. The van der Waals surface area contributed by atoms with Crippen LogP contribution in [0.5, 0.6) is 0 Å². The van der Waals surface area contributed by atoms with E-state index in [9.17, 15) is 0 Å². The van der Waals surface area contributed by atoms with Crippen LogP contribution in [-0.4, -0.2) is 13.2 Å². The smallest absolute Gasteiger partial charge is 0.0627 e. The molecule has 0 aliphatic heterocycles. The van der Waals surface area contributed by atoms with Gasteiger partial charge in [-0.1, -0.05) is 26.0 Å². The molecule has 0 amide bonds. The molecule has 0 heterocycles. The van der Waals surface area contributed by atoms with Crippen molar-refractivity contribution in [3.05, 3.63) is 12.2 Å². The van der Waals surface area contributed by atoms with Crippen LogP contribution in [-0.2, 0) is 4.74 Å². The molecule has 0 aromatic rings. The highest BCUT2D eigenvalue weighted by Crippen LogP contribution is 2.65. The Kier molecular flexibility index (Phi) is 3.30. The maximum atomic E-state index is 5.88. The summed E-state index contributed by atoms with van der Waals surface area (Å²) in [5, 5.41) is 0. The second-order valence-electron chi connectivity index (χ2n) is 8.91. The zero-order valence-corrected chi connectivity index (χ0v) is 14.1. The normalized spacial score (nSPS) is 55.7. The van der Waals surface area contributed by atoms with Crippen molar-refractivity contribution in [2.45, 2.75) is 71.3 Å². The lowest BCUT2D eigenvalue weighted by Gasteiger charge is -2.59. The van der Waals surface area contributed by atoms with Gasteiger partial charge in [0.1, 0.15) is 0 Å². The number of allylic oxidation sites excluding steroid dienone is 2. The summed E-state index contributed by atoms with van der Waals surface area (Å²) in [6.07, 6.45) is 16.7. The van der Waals surface area contributed by atoms with Gasteiger partial charge in [0.2, 0.25) is 0 Å².